The first-order valence-electron chi connectivity index (χ1n) is 8.73. The van der Waals surface area contributed by atoms with Crippen LogP contribution in [-0.2, 0) is 11.2 Å². The molecule has 0 aromatic heterocycles. The molecule has 0 heterocycles. The van der Waals surface area contributed by atoms with Crippen molar-refractivity contribution in [1.29, 1.82) is 0 Å². The van der Waals surface area contributed by atoms with E-state index in [1.54, 1.807) is 21.3 Å². The summed E-state index contributed by atoms with van der Waals surface area (Å²) < 4.78 is 15.9. The Morgan fingerprint density at radius 1 is 1.08 bits per heavy atom. The molecule has 1 N–H and O–H groups in total. The van der Waals surface area contributed by atoms with Crippen LogP contribution in [0.3, 0.4) is 0 Å². The van der Waals surface area contributed by atoms with Crippen molar-refractivity contribution in [2.75, 3.05) is 27.9 Å². The molecule has 1 aliphatic rings. The second kappa shape index (κ2) is 9.40. The van der Waals surface area contributed by atoms with Crippen LogP contribution < -0.4 is 19.5 Å². The van der Waals surface area contributed by atoms with Crippen LogP contribution in [0.2, 0.25) is 0 Å². The van der Waals surface area contributed by atoms with Gasteiger partial charge in [0.05, 0.1) is 27.8 Å². The largest absolute Gasteiger partial charge is 0.493 e. The van der Waals surface area contributed by atoms with E-state index in [9.17, 15) is 4.79 Å². The molecule has 1 saturated carbocycles. The first-order valence-corrected chi connectivity index (χ1v) is 8.73. The summed E-state index contributed by atoms with van der Waals surface area (Å²) in [5.41, 5.74) is 0.845. The van der Waals surface area contributed by atoms with E-state index in [0.717, 1.165) is 24.4 Å². The summed E-state index contributed by atoms with van der Waals surface area (Å²) in [6.45, 7) is 0.750. The summed E-state index contributed by atoms with van der Waals surface area (Å²) in [6.07, 6.45) is 8.06. The van der Waals surface area contributed by atoms with Gasteiger partial charge in [0.2, 0.25) is 11.7 Å². The number of nitrogens with one attached hydrogen (secondary N) is 1. The van der Waals surface area contributed by atoms with Gasteiger partial charge in [-0.2, -0.15) is 0 Å². The Morgan fingerprint density at radius 3 is 2.25 bits per heavy atom. The highest BCUT2D eigenvalue weighted by Gasteiger charge is 2.16. The Kier molecular flexibility index (Phi) is 7.22. The average molecular weight is 335 g/mol. The number of benzene rings is 1. The molecule has 1 aromatic rings. The van der Waals surface area contributed by atoms with E-state index in [2.05, 4.69) is 5.32 Å². The van der Waals surface area contributed by atoms with Crippen molar-refractivity contribution < 1.29 is 19.0 Å². The maximum absolute atomic E-state index is 12.1. The Bertz CT molecular complexity index is 513. The predicted octanol–water partition coefficient (Wildman–Crippen LogP) is 3.34. The van der Waals surface area contributed by atoms with Gasteiger partial charge >= 0.3 is 0 Å². The number of rotatable bonds is 9. The smallest absolute Gasteiger partial charge is 0.224 e. The Balaban J connectivity index is 1.84. The van der Waals surface area contributed by atoms with E-state index < -0.39 is 0 Å². The fraction of sp³-hybridized carbons (Fsp3) is 0.632. The van der Waals surface area contributed by atoms with Crippen LogP contribution in [0.4, 0.5) is 0 Å². The van der Waals surface area contributed by atoms with Crippen molar-refractivity contribution in [3.63, 3.8) is 0 Å². The van der Waals surface area contributed by atoms with Crippen LogP contribution in [0.1, 0.15) is 44.1 Å². The van der Waals surface area contributed by atoms with Crippen molar-refractivity contribution in [2.24, 2.45) is 5.92 Å². The molecule has 0 unspecified atom stereocenters. The molecule has 0 spiro atoms. The number of ether oxygens (including phenoxy) is 3. The van der Waals surface area contributed by atoms with Gasteiger partial charge in [-0.05, 0) is 36.5 Å². The zero-order valence-corrected chi connectivity index (χ0v) is 15.0. The van der Waals surface area contributed by atoms with E-state index >= 15 is 0 Å². The molecule has 1 aromatic carbocycles. The molecule has 24 heavy (non-hydrogen) atoms. The standard InChI is InChI=1S/C19H29NO4/c1-22-16-11-15(12-17(23-2)19(16)24-3)13-18(21)20-10-6-9-14-7-4-5-8-14/h11-12,14H,4-10,13H2,1-3H3,(H,20,21). The predicted molar refractivity (Wildman–Crippen MR) is 94.0 cm³/mol. The molecule has 0 atom stereocenters. The fourth-order valence-corrected chi connectivity index (χ4v) is 3.40. The van der Waals surface area contributed by atoms with E-state index in [1.807, 2.05) is 12.1 Å². The zero-order chi connectivity index (χ0) is 17.4. The summed E-state index contributed by atoms with van der Waals surface area (Å²) in [7, 11) is 4.71. The number of carbonyl (C=O) groups excluding carboxylic acids is 1. The number of hydrogen-bond acceptors (Lipinski definition) is 4. The SMILES string of the molecule is COc1cc(CC(=O)NCCCC2CCCC2)cc(OC)c1OC. The van der Waals surface area contributed by atoms with Crippen molar-refractivity contribution in [3.05, 3.63) is 17.7 Å². The normalized spacial score (nSPS) is 14.5. The van der Waals surface area contributed by atoms with Crippen LogP contribution in [0.25, 0.3) is 0 Å². The van der Waals surface area contributed by atoms with Crippen molar-refractivity contribution in [2.45, 2.75) is 44.9 Å². The van der Waals surface area contributed by atoms with Gasteiger partial charge < -0.3 is 19.5 Å². The molecule has 2 rings (SSSR count). The molecule has 1 amide bonds. The first kappa shape index (κ1) is 18.4. The molecule has 5 heteroatoms. The number of methoxy groups -OCH3 is 3. The lowest BCUT2D eigenvalue weighted by Crippen LogP contribution is -2.26. The minimum Gasteiger partial charge on any atom is -0.493 e. The Hall–Kier alpha value is -1.91. The van der Waals surface area contributed by atoms with Crippen LogP contribution >= 0.6 is 0 Å². The summed E-state index contributed by atoms with van der Waals surface area (Å²) in [6, 6.07) is 3.64. The molecule has 5 nitrogen and oxygen atoms in total. The Labute approximate surface area is 144 Å². The number of carbonyl (C=O) groups is 1. The third-order valence-electron chi connectivity index (χ3n) is 4.68. The molecule has 134 valence electrons. The third kappa shape index (κ3) is 5.05. The topological polar surface area (TPSA) is 56.8 Å². The van der Waals surface area contributed by atoms with E-state index in [1.165, 1.54) is 32.1 Å². The van der Waals surface area contributed by atoms with Crippen molar-refractivity contribution in [1.82, 2.24) is 5.32 Å². The molecule has 1 aliphatic carbocycles. The summed E-state index contributed by atoms with van der Waals surface area (Å²) in [4.78, 5) is 12.1. The van der Waals surface area contributed by atoms with Gasteiger partial charge in [0, 0.05) is 6.54 Å². The van der Waals surface area contributed by atoms with Gasteiger partial charge in [0.1, 0.15) is 0 Å². The van der Waals surface area contributed by atoms with Gasteiger partial charge in [0.15, 0.2) is 11.5 Å². The molecule has 0 bridgehead atoms. The van der Waals surface area contributed by atoms with E-state index in [0.29, 0.717) is 23.7 Å². The lowest BCUT2D eigenvalue weighted by atomic mass is 10.0. The van der Waals surface area contributed by atoms with Gasteiger partial charge in [-0.15, -0.1) is 0 Å². The van der Waals surface area contributed by atoms with Gasteiger partial charge in [-0.25, -0.2) is 0 Å². The molecule has 1 fully saturated rings. The average Bonchev–Trinajstić information content (AvgIpc) is 3.11. The second-order valence-corrected chi connectivity index (χ2v) is 6.35. The monoisotopic (exact) mass is 335 g/mol. The van der Waals surface area contributed by atoms with Gasteiger partial charge in [-0.1, -0.05) is 25.7 Å². The Morgan fingerprint density at radius 2 is 1.71 bits per heavy atom. The summed E-state index contributed by atoms with van der Waals surface area (Å²) in [5, 5.41) is 3.01. The lowest BCUT2D eigenvalue weighted by molar-refractivity contribution is -0.120. The maximum atomic E-state index is 12.1. The summed E-state index contributed by atoms with van der Waals surface area (Å²) >= 11 is 0. The fourth-order valence-electron chi connectivity index (χ4n) is 3.40. The van der Waals surface area contributed by atoms with Crippen LogP contribution in [0, 0.1) is 5.92 Å². The lowest BCUT2D eigenvalue weighted by Gasteiger charge is -2.14. The highest BCUT2D eigenvalue weighted by Crippen LogP contribution is 2.38. The van der Waals surface area contributed by atoms with Crippen LogP contribution in [0.5, 0.6) is 17.2 Å². The zero-order valence-electron chi connectivity index (χ0n) is 15.0. The van der Waals surface area contributed by atoms with Gasteiger partial charge in [-0.3, -0.25) is 4.79 Å². The highest BCUT2D eigenvalue weighted by molar-refractivity contribution is 5.79. The van der Waals surface area contributed by atoms with Crippen molar-refractivity contribution >= 4 is 5.91 Å². The maximum Gasteiger partial charge on any atom is 0.224 e. The molecular weight excluding hydrogens is 306 g/mol. The van der Waals surface area contributed by atoms with Gasteiger partial charge in [0.25, 0.3) is 0 Å². The molecule has 0 radical (unpaired) electrons. The minimum atomic E-state index is 0.0238. The second-order valence-electron chi connectivity index (χ2n) is 6.35. The molecular formula is C19H29NO4. The minimum absolute atomic E-state index is 0.0238. The first-order chi connectivity index (χ1) is 11.7. The number of amides is 1. The molecule has 0 aliphatic heterocycles. The summed E-state index contributed by atoms with van der Waals surface area (Å²) in [5.74, 6) is 2.58. The van der Waals surface area contributed by atoms with Crippen LogP contribution in [-0.4, -0.2) is 33.8 Å². The molecule has 0 saturated heterocycles. The van der Waals surface area contributed by atoms with Crippen molar-refractivity contribution in [3.8, 4) is 17.2 Å². The highest BCUT2D eigenvalue weighted by atomic mass is 16.5. The quantitative estimate of drug-likeness (QED) is 0.703. The number of hydrogen-bond donors (Lipinski definition) is 1. The third-order valence-corrected chi connectivity index (χ3v) is 4.68. The van der Waals surface area contributed by atoms with E-state index in [4.69, 9.17) is 14.2 Å². The van der Waals surface area contributed by atoms with Crippen LogP contribution in [0.15, 0.2) is 12.1 Å². The van der Waals surface area contributed by atoms with E-state index in [-0.39, 0.29) is 5.91 Å².